The van der Waals surface area contributed by atoms with Crippen molar-refractivity contribution >= 4 is 5.91 Å². The lowest BCUT2D eigenvalue weighted by Crippen LogP contribution is -2.42. The predicted molar refractivity (Wildman–Crippen MR) is 73.4 cm³/mol. The number of nitrogens with zero attached hydrogens (tertiary/aromatic N) is 2. The molecule has 3 rings (SSSR count). The van der Waals surface area contributed by atoms with Crippen LogP contribution in [-0.4, -0.2) is 27.3 Å². The van der Waals surface area contributed by atoms with E-state index in [1.807, 2.05) is 6.20 Å². The van der Waals surface area contributed by atoms with Gasteiger partial charge in [-0.25, -0.2) is 4.98 Å². The number of H-pyrrole nitrogens is 1. The first-order chi connectivity index (χ1) is 9.36. The third-order valence-corrected chi connectivity index (χ3v) is 4.24. The molecule has 2 aliphatic rings. The number of rotatable bonds is 2. The van der Waals surface area contributed by atoms with Gasteiger partial charge in [0.05, 0.1) is 6.04 Å². The average Bonchev–Trinajstić information content (AvgIpc) is 3.01. The fourth-order valence-electron chi connectivity index (χ4n) is 3.19. The minimum atomic E-state index is 0.155. The Kier molecular flexibility index (Phi) is 3.67. The third kappa shape index (κ3) is 2.57. The Bertz CT molecular complexity index is 452. The van der Waals surface area contributed by atoms with E-state index >= 15 is 0 Å². The highest BCUT2D eigenvalue weighted by atomic mass is 16.2. The van der Waals surface area contributed by atoms with E-state index in [2.05, 4.69) is 27.0 Å². The minimum Gasteiger partial charge on any atom is -0.347 e. The van der Waals surface area contributed by atoms with Gasteiger partial charge in [0.25, 0.3) is 0 Å². The molecule has 1 aliphatic heterocycles. The van der Waals surface area contributed by atoms with Crippen LogP contribution in [0.2, 0.25) is 0 Å². The summed E-state index contributed by atoms with van der Waals surface area (Å²) in [5, 5.41) is 0. The first-order valence-corrected chi connectivity index (χ1v) is 7.31. The number of aromatic amines is 1. The number of piperidine rings is 1. The zero-order chi connectivity index (χ0) is 13.1. The Morgan fingerprint density at radius 3 is 3.00 bits per heavy atom. The van der Waals surface area contributed by atoms with E-state index in [0.29, 0.717) is 5.91 Å². The van der Waals surface area contributed by atoms with Gasteiger partial charge in [0, 0.05) is 24.9 Å². The number of hydrogen-bond donors (Lipinski definition) is 1. The Morgan fingerprint density at radius 2 is 2.26 bits per heavy atom. The summed E-state index contributed by atoms with van der Waals surface area (Å²) in [4.78, 5) is 22.3. The van der Waals surface area contributed by atoms with E-state index in [0.717, 1.165) is 44.5 Å². The second-order valence-electron chi connectivity index (χ2n) is 5.50. The molecule has 1 fully saturated rings. The average molecular weight is 259 g/mol. The van der Waals surface area contributed by atoms with Crippen LogP contribution in [0.25, 0.3) is 0 Å². The van der Waals surface area contributed by atoms with Crippen molar-refractivity contribution in [1.82, 2.24) is 14.9 Å². The maximum atomic E-state index is 12.7. The van der Waals surface area contributed by atoms with Crippen molar-refractivity contribution in [3.63, 3.8) is 0 Å². The summed E-state index contributed by atoms with van der Waals surface area (Å²) in [6, 6.07) is 0.155. The molecular formula is C15H21N3O. The highest BCUT2D eigenvalue weighted by Gasteiger charge is 2.33. The van der Waals surface area contributed by atoms with Crippen LogP contribution in [0.4, 0.5) is 0 Å². The number of carbonyl (C=O) groups is 1. The third-order valence-electron chi connectivity index (χ3n) is 4.24. The second-order valence-corrected chi connectivity index (χ2v) is 5.50. The van der Waals surface area contributed by atoms with E-state index in [1.165, 1.54) is 6.42 Å². The molecule has 1 amide bonds. The lowest BCUT2D eigenvalue weighted by Gasteiger charge is -2.37. The van der Waals surface area contributed by atoms with E-state index in [-0.39, 0.29) is 12.0 Å². The highest BCUT2D eigenvalue weighted by Crippen LogP contribution is 2.32. The van der Waals surface area contributed by atoms with Gasteiger partial charge in [0.15, 0.2) is 0 Å². The molecule has 1 aliphatic carbocycles. The smallest absolute Gasteiger partial charge is 0.226 e. The monoisotopic (exact) mass is 259 g/mol. The first kappa shape index (κ1) is 12.5. The van der Waals surface area contributed by atoms with E-state index in [1.54, 1.807) is 6.20 Å². The van der Waals surface area contributed by atoms with E-state index < -0.39 is 0 Å². The summed E-state index contributed by atoms with van der Waals surface area (Å²) in [5.74, 6) is 1.45. The molecule has 2 atom stereocenters. The van der Waals surface area contributed by atoms with Crippen LogP contribution in [0.3, 0.4) is 0 Å². The predicted octanol–water partition coefficient (Wildman–Crippen LogP) is 2.82. The van der Waals surface area contributed by atoms with Crippen molar-refractivity contribution in [2.75, 3.05) is 6.54 Å². The molecule has 19 heavy (non-hydrogen) atoms. The molecule has 1 N–H and O–H groups in total. The lowest BCUT2D eigenvalue weighted by molar-refractivity contribution is -0.140. The molecule has 4 nitrogen and oxygen atoms in total. The number of nitrogens with one attached hydrogen (secondary N) is 1. The van der Waals surface area contributed by atoms with Gasteiger partial charge < -0.3 is 9.88 Å². The minimum absolute atomic E-state index is 0.155. The van der Waals surface area contributed by atoms with E-state index in [9.17, 15) is 4.79 Å². The zero-order valence-corrected chi connectivity index (χ0v) is 11.2. The number of carbonyl (C=O) groups excluding carboxylic acids is 1. The van der Waals surface area contributed by atoms with E-state index in [4.69, 9.17) is 0 Å². The largest absolute Gasteiger partial charge is 0.347 e. The van der Waals surface area contributed by atoms with Gasteiger partial charge in [0.2, 0.25) is 5.91 Å². The molecule has 4 heteroatoms. The summed E-state index contributed by atoms with van der Waals surface area (Å²) >= 11 is 0. The van der Waals surface area contributed by atoms with Crippen LogP contribution in [-0.2, 0) is 4.79 Å². The van der Waals surface area contributed by atoms with Crippen molar-refractivity contribution in [2.24, 2.45) is 5.92 Å². The first-order valence-electron chi connectivity index (χ1n) is 7.31. The Morgan fingerprint density at radius 1 is 1.32 bits per heavy atom. The van der Waals surface area contributed by atoms with Crippen LogP contribution >= 0.6 is 0 Å². The molecule has 1 aromatic heterocycles. The number of imidazole rings is 1. The lowest BCUT2D eigenvalue weighted by atomic mass is 9.91. The molecule has 1 saturated heterocycles. The molecule has 0 radical (unpaired) electrons. The number of allylic oxidation sites excluding steroid dienone is 2. The Hall–Kier alpha value is -1.58. The molecule has 0 spiro atoms. The summed E-state index contributed by atoms with van der Waals surface area (Å²) in [6.45, 7) is 0.879. The Balaban J connectivity index is 1.76. The van der Waals surface area contributed by atoms with Crippen molar-refractivity contribution in [3.05, 3.63) is 30.4 Å². The highest BCUT2D eigenvalue weighted by molar-refractivity contribution is 5.79. The van der Waals surface area contributed by atoms with Crippen molar-refractivity contribution < 1.29 is 4.79 Å². The van der Waals surface area contributed by atoms with Crippen LogP contribution in [0.5, 0.6) is 0 Å². The zero-order valence-electron chi connectivity index (χ0n) is 11.2. The molecule has 0 aromatic carbocycles. The fraction of sp³-hybridized carbons (Fsp3) is 0.600. The quantitative estimate of drug-likeness (QED) is 0.830. The summed E-state index contributed by atoms with van der Waals surface area (Å²) in [6.07, 6.45) is 14.2. The summed E-state index contributed by atoms with van der Waals surface area (Å²) < 4.78 is 0. The molecule has 102 valence electrons. The Labute approximate surface area is 113 Å². The summed E-state index contributed by atoms with van der Waals surface area (Å²) in [7, 11) is 0. The number of likely N-dealkylation sites (tertiary alicyclic amines) is 1. The van der Waals surface area contributed by atoms with Gasteiger partial charge in [-0.05, 0) is 38.5 Å². The topological polar surface area (TPSA) is 49.0 Å². The number of hydrogen-bond acceptors (Lipinski definition) is 2. The fourth-order valence-corrected chi connectivity index (χ4v) is 3.19. The van der Waals surface area contributed by atoms with Gasteiger partial charge in [0.1, 0.15) is 5.82 Å². The van der Waals surface area contributed by atoms with Gasteiger partial charge in [-0.2, -0.15) is 0 Å². The van der Waals surface area contributed by atoms with Crippen LogP contribution in [0.1, 0.15) is 50.4 Å². The maximum Gasteiger partial charge on any atom is 0.226 e. The summed E-state index contributed by atoms with van der Waals surface area (Å²) in [5.41, 5.74) is 0. The second kappa shape index (κ2) is 5.59. The number of amides is 1. The van der Waals surface area contributed by atoms with Crippen molar-refractivity contribution in [1.29, 1.82) is 0 Å². The number of aromatic nitrogens is 2. The maximum absolute atomic E-state index is 12.7. The van der Waals surface area contributed by atoms with Crippen molar-refractivity contribution in [3.8, 4) is 0 Å². The molecule has 0 unspecified atom stereocenters. The molecule has 2 heterocycles. The standard InChI is InChI=1S/C15H21N3O/c19-15(12-6-2-1-3-7-12)18-11-5-4-8-13(18)14-16-9-10-17-14/h1-2,9-10,12-13H,3-8,11H2,(H,16,17)/t12-,13-/m0/s1. The normalized spacial score (nSPS) is 27.5. The molecule has 0 saturated carbocycles. The molecule has 1 aromatic rings. The van der Waals surface area contributed by atoms with Crippen LogP contribution < -0.4 is 0 Å². The van der Waals surface area contributed by atoms with Gasteiger partial charge in [-0.3, -0.25) is 4.79 Å². The molecular weight excluding hydrogens is 238 g/mol. The molecule has 0 bridgehead atoms. The van der Waals surface area contributed by atoms with Gasteiger partial charge in [-0.1, -0.05) is 12.2 Å². The van der Waals surface area contributed by atoms with Crippen LogP contribution in [0.15, 0.2) is 24.5 Å². The SMILES string of the molecule is O=C([C@H]1CC=CCC1)N1CCCC[C@H]1c1ncc[nH]1. The van der Waals surface area contributed by atoms with Crippen molar-refractivity contribution in [2.45, 2.75) is 44.6 Å². The van der Waals surface area contributed by atoms with Crippen LogP contribution in [0, 0.1) is 5.92 Å². The van der Waals surface area contributed by atoms with Gasteiger partial charge >= 0.3 is 0 Å². The van der Waals surface area contributed by atoms with Gasteiger partial charge in [-0.15, -0.1) is 0 Å².